The smallest absolute Gasteiger partial charge is 0.255 e. The Morgan fingerprint density at radius 2 is 1.61 bits per heavy atom. The molecule has 4 rings (SSSR count). The molecule has 0 saturated carbocycles. The van der Waals surface area contributed by atoms with Crippen LogP contribution in [0.15, 0.2) is 77.6 Å². The number of pyridine rings is 1. The minimum atomic E-state index is -0.212. The van der Waals surface area contributed by atoms with Crippen LogP contribution < -0.4 is 15.0 Å². The molecule has 0 radical (unpaired) electrons. The molecule has 0 fully saturated rings. The number of methoxy groups -OCH3 is 1. The summed E-state index contributed by atoms with van der Waals surface area (Å²) in [7, 11) is 1.58. The third kappa shape index (κ3) is 3.40. The molecule has 0 unspecified atom stereocenters. The first-order valence-corrected chi connectivity index (χ1v) is 8.89. The van der Waals surface area contributed by atoms with Crippen LogP contribution >= 0.6 is 11.6 Å². The van der Waals surface area contributed by atoms with E-state index in [1.807, 2.05) is 6.07 Å². The molecule has 0 atom stereocenters. The number of aromatic hydroxyl groups is 1. The van der Waals surface area contributed by atoms with Crippen LogP contribution in [0.1, 0.15) is 0 Å². The van der Waals surface area contributed by atoms with Gasteiger partial charge in [0.05, 0.1) is 18.3 Å². The summed E-state index contributed by atoms with van der Waals surface area (Å²) >= 11 is 6.13. The van der Waals surface area contributed by atoms with E-state index in [-0.39, 0.29) is 17.1 Å². The Labute approximate surface area is 166 Å². The standard InChI is InChI=1S/C22H16ClNO4/c1-27-17-6-8-18(9-7-17)28-21-13-16(5-10-20(21)25)24-19-12-15(23)4-2-14(19)3-11-22(24)26/h2-13,25H,1H3. The second-order valence-electron chi connectivity index (χ2n) is 6.14. The maximum absolute atomic E-state index is 12.6. The minimum absolute atomic E-state index is 0.0362. The SMILES string of the molecule is COc1ccc(Oc2cc(-n3c(=O)ccc4ccc(Cl)cc43)ccc2O)cc1. The normalized spacial score (nSPS) is 10.8. The zero-order valence-electron chi connectivity index (χ0n) is 14.9. The molecule has 0 aliphatic rings. The molecule has 0 spiro atoms. The molecule has 0 saturated heterocycles. The van der Waals surface area contributed by atoms with E-state index in [0.29, 0.717) is 27.7 Å². The molecule has 1 N–H and O–H groups in total. The predicted octanol–water partition coefficient (Wildman–Crippen LogP) is 5.15. The number of aromatic nitrogens is 1. The number of halogens is 1. The fraction of sp³-hybridized carbons (Fsp3) is 0.0455. The number of rotatable bonds is 4. The number of ether oxygens (including phenoxy) is 2. The summed E-state index contributed by atoms with van der Waals surface area (Å²) in [5.41, 5.74) is 1.01. The lowest BCUT2D eigenvalue weighted by molar-refractivity contribution is 0.404. The van der Waals surface area contributed by atoms with Crippen LogP contribution in [0.25, 0.3) is 16.6 Å². The van der Waals surface area contributed by atoms with Gasteiger partial charge in [-0.1, -0.05) is 17.7 Å². The van der Waals surface area contributed by atoms with Gasteiger partial charge in [-0.25, -0.2) is 0 Å². The highest BCUT2D eigenvalue weighted by Crippen LogP contribution is 2.33. The van der Waals surface area contributed by atoms with Crippen molar-refractivity contribution >= 4 is 22.5 Å². The highest BCUT2D eigenvalue weighted by molar-refractivity contribution is 6.31. The van der Waals surface area contributed by atoms with Gasteiger partial charge >= 0.3 is 0 Å². The van der Waals surface area contributed by atoms with Gasteiger partial charge in [0.2, 0.25) is 0 Å². The van der Waals surface area contributed by atoms with E-state index in [1.54, 1.807) is 61.7 Å². The Kier molecular flexibility index (Phi) is 4.67. The van der Waals surface area contributed by atoms with Crippen LogP contribution in [0, 0.1) is 0 Å². The van der Waals surface area contributed by atoms with Gasteiger partial charge < -0.3 is 14.6 Å². The van der Waals surface area contributed by atoms with E-state index in [4.69, 9.17) is 21.1 Å². The summed E-state index contributed by atoms with van der Waals surface area (Å²) in [6, 6.07) is 20.3. The van der Waals surface area contributed by atoms with Gasteiger partial charge in [-0.05, 0) is 60.0 Å². The first kappa shape index (κ1) is 17.9. The maximum atomic E-state index is 12.6. The molecule has 140 valence electrons. The van der Waals surface area contributed by atoms with Gasteiger partial charge in [0.25, 0.3) is 5.56 Å². The summed E-state index contributed by atoms with van der Waals surface area (Å²) in [5.74, 6) is 1.42. The van der Waals surface area contributed by atoms with Gasteiger partial charge in [0.1, 0.15) is 11.5 Å². The minimum Gasteiger partial charge on any atom is -0.504 e. The highest BCUT2D eigenvalue weighted by atomic mass is 35.5. The number of benzene rings is 3. The van der Waals surface area contributed by atoms with Gasteiger partial charge in [0, 0.05) is 17.2 Å². The quantitative estimate of drug-likeness (QED) is 0.520. The summed E-state index contributed by atoms with van der Waals surface area (Å²) in [4.78, 5) is 12.6. The molecule has 1 aromatic heterocycles. The maximum Gasteiger partial charge on any atom is 0.255 e. The zero-order valence-corrected chi connectivity index (χ0v) is 15.7. The highest BCUT2D eigenvalue weighted by Gasteiger charge is 2.11. The number of nitrogens with zero attached hydrogens (tertiary/aromatic N) is 1. The second-order valence-corrected chi connectivity index (χ2v) is 6.58. The lowest BCUT2D eigenvalue weighted by atomic mass is 10.2. The molecule has 0 bridgehead atoms. The third-order valence-corrected chi connectivity index (χ3v) is 4.58. The van der Waals surface area contributed by atoms with Crippen molar-refractivity contribution in [2.75, 3.05) is 7.11 Å². The second kappa shape index (κ2) is 7.29. The molecule has 3 aromatic carbocycles. The van der Waals surface area contributed by atoms with Crippen LogP contribution in [0.5, 0.6) is 23.0 Å². The van der Waals surface area contributed by atoms with Gasteiger partial charge in [-0.15, -0.1) is 0 Å². The van der Waals surface area contributed by atoms with Crippen LogP contribution in [0.2, 0.25) is 5.02 Å². The van der Waals surface area contributed by atoms with Gasteiger partial charge in [-0.2, -0.15) is 0 Å². The fourth-order valence-electron chi connectivity index (χ4n) is 2.97. The number of phenols is 1. The van der Waals surface area contributed by atoms with E-state index in [0.717, 1.165) is 5.39 Å². The Bertz CT molecular complexity index is 1220. The Morgan fingerprint density at radius 3 is 2.36 bits per heavy atom. The van der Waals surface area contributed by atoms with E-state index < -0.39 is 0 Å². The van der Waals surface area contributed by atoms with E-state index in [2.05, 4.69) is 0 Å². The van der Waals surface area contributed by atoms with Gasteiger partial charge in [0.15, 0.2) is 11.5 Å². The number of hydrogen-bond acceptors (Lipinski definition) is 4. The molecule has 4 aromatic rings. The largest absolute Gasteiger partial charge is 0.504 e. The van der Waals surface area contributed by atoms with E-state index in [1.165, 1.54) is 16.7 Å². The predicted molar refractivity (Wildman–Crippen MR) is 109 cm³/mol. The zero-order chi connectivity index (χ0) is 19.7. The molecule has 5 nitrogen and oxygen atoms in total. The van der Waals surface area contributed by atoms with Crippen LogP contribution in [-0.4, -0.2) is 16.8 Å². The molecule has 0 aliphatic carbocycles. The van der Waals surface area contributed by atoms with Crippen LogP contribution in [0.4, 0.5) is 0 Å². The summed E-state index contributed by atoms with van der Waals surface area (Å²) in [5, 5.41) is 11.6. The summed E-state index contributed by atoms with van der Waals surface area (Å²) < 4.78 is 12.5. The summed E-state index contributed by atoms with van der Waals surface area (Å²) in [6.07, 6.45) is 0. The first-order chi connectivity index (χ1) is 13.5. The fourth-order valence-corrected chi connectivity index (χ4v) is 3.13. The van der Waals surface area contributed by atoms with Crippen LogP contribution in [0.3, 0.4) is 0 Å². The van der Waals surface area contributed by atoms with Crippen molar-refractivity contribution in [2.45, 2.75) is 0 Å². The van der Waals surface area contributed by atoms with E-state index >= 15 is 0 Å². The van der Waals surface area contributed by atoms with Crippen molar-refractivity contribution in [3.05, 3.63) is 88.2 Å². The molecule has 0 aliphatic heterocycles. The molecule has 1 heterocycles. The third-order valence-electron chi connectivity index (χ3n) is 4.35. The molecule has 0 amide bonds. The van der Waals surface area contributed by atoms with Crippen molar-refractivity contribution in [3.8, 4) is 28.7 Å². The molecule has 6 heteroatoms. The summed E-state index contributed by atoms with van der Waals surface area (Å²) in [6.45, 7) is 0. The Balaban J connectivity index is 1.81. The molecular formula is C22H16ClNO4. The van der Waals surface area contributed by atoms with E-state index in [9.17, 15) is 9.90 Å². The average molecular weight is 394 g/mol. The molecule has 28 heavy (non-hydrogen) atoms. The number of hydrogen-bond donors (Lipinski definition) is 1. The lowest BCUT2D eigenvalue weighted by Crippen LogP contribution is -2.17. The monoisotopic (exact) mass is 393 g/mol. The van der Waals surface area contributed by atoms with Crippen molar-refractivity contribution in [1.29, 1.82) is 0 Å². The Morgan fingerprint density at radius 1 is 0.893 bits per heavy atom. The van der Waals surface area contributed by atoms with Gasteiger partial charge in [-0.3, -0.25) is 9.36 Å². The van der Waals surface area contributed by atoms with Crippen molar-refractivity contribution < 1.29 is 14.6 Å². The number of phenolic OH excluding ortho intramolecular Hbond substituents is 1. The topological polar surface area (TPSA) is 60.7 Å². The Hall–Kier alpha value is -3.44. The van der Waals surface area contributed by atoms with Crippen molar-refractivity contribution in [3.63, 3.8) is 0 Å². The lowest BCUT2D eigenvalue weighted by Gasteiger charge is -2.13. The van der Waals surface area contributed by atoms with Crippen molar-refractivity contribution in [2.24, 2.45) is 0 Å². The molecular weight excluding hydrogens is 378 g/mol. The van der Waals surface area contributed by atoms with Crippen molar-refractivity contribution in [1.82, 2.24) is 4.57 Å². The number of fused-ring (bicyclic) bond motifs is 1. The first-order valence-electron chi connectivity index (χ1n) is 8.52. The van der Waals surface area contributed by atoms with Crippen LogP contribution in [-0.2, 0) is 0 Å². The average Bonchev–Trinajstić information content (AvgIpc) is 2.70.